The molecule has 0 saturated heterocycles. The van der Waals surface area contributed by atoms with Crippen LogP contribution >= 0.6 is 0 Å². The Kier molecular flexibility index (Phi) is 2.39. The van der Waals surface area contributed by atoms with Gasteiger partial charge >= 0.3 is 5.97 Å². The molecular formula is C14H14N4O2. The van der Waals surface area contributed by atoms with Gasteiger partial charge in [-0.1, -0.05) is 0 Å². The van der Waals surface area contributed by atoms with Crippen molar-refractivity contribution in [3.05, 3.63) is 35.5 Å². The molecule has 0 bridgehead atoms. The van der Waals surface area contributed by atoms with Crippen LogP contribution in [0, 0.1) is 5.92 Å². The van der Waals surface area contributed by atoms with E-state index >= 15 is 0 Å². The third-order valence-corrected chi connectivity index (χ3v) is 4.00. The fourth-order valence-corrected chi connectivity index (χ4v) is 3.05. The molecule has 0 N–H and O–H groups in total. The van der Waals surface area contributed by atoms with Crippen molar-refractivity contribution >= 4 is 5.97 Å². The molecule has 102 valence electrons. The number of esters is 1. The number of fused-ring (bicyclic) bond motifs is 3. The summed E-state index contributed by atoms with van der Waals surface area (Å²) in [5.74, 6) is 1.50. The van der Waals surface area contributed by atoms with Gasteiger partial charge in [-0.05, 0) is 25.7 Å². The van der Waals surface area contributed by atoms with Crippen LogP contribution in [0.5, 0.6) is 0 Å². The maximum absolute atomic E-state index is 12.0. The highest BCUT2D eigenvalue weighted by Crippen LogP contribution is 2.57. The Morgan fingerprint density at radius 2 is 2.40 bits per heavy atom. The van der Waals surface area contributed by atoms with Gasteiger partial charge in [0.25, 0.3) is 0 Å². The second-order valence-electron chi connectivity index (χ2n) is 5.21. The van der Waals surface area contributed by atoms with Crippen LogP contribution in [-0.2, 0) is 11.2 Å². The molecule has 6 nitrogen and oxygen atoms in total. The maximum atomic E-state index is 12.0. The molecule has 20 heavy (non-hydrogen) atoms. The van der Waals surface area contributed by atoms with E-state index < -0.39 is 0 Å². The van der Waals surface area contributed by atoms with E-state index in [2.05, 4.69) is 15.1 Å². The zero-order valence-electron chi connectivity index (χ0n) is 11.1. The number of hydrogen-bond acceptors (Lipinski definition) is 5. The molecule has 2 aliphatic rings. The van der Waals surface area contributed by atoms with Crippen LogP contribution in [0.25, 0.3) is 5.82 Å². The Bertz CT molecular complexity index is 680. The van der Waals surface area contributed by atoms with Gasteiger partial charge in [-0.15, -0.1) is 0 Å². The molecule has 1 saturated carbocycles. The first-order valence-corrected chi connectivity index (χ1v) is 6.85. The lowest BCUT2D eigenvalue weighted by molar-refractivity contribution is 0.0517. The second-order valence-corrected chi connectivity index (χ2v) is 5.21. The zero-order chi connectivity index (χ0) is 13.7. The summed E-state index contributed by atoms with van der Waals surface area (Å²) in [7, 11) is 0. The fraction of sp³-hybridized carbons (Fsp3) is 0.429. The molecule has 1 fully saturated rings. The largest absolute Gasteiger partial charge is 0.461 e. The lowest BCUT2D eigenvalue weighted by Gasteiger charge is -2.03. The van der Waals surface area contributed by atoms with E-state index in [1.807, 2.05) is 0 Å². The van der Waals surface area contributed by atoms with Crippen LogP contribution in [-0.4, -0.2) is 32.3 Å². The van der Waals surface area contributed by atoms with Crippen molar-refractivity contribution in [3.8, 4) is 5.82 Å². The summed E-state index contributed by atoms with van der Waals surface area (Å²) in [6.07, 6.45) is 7.03. The first-order valence-electron chi connectivity index (χ1n) is 6.85. The highest BCUT2D eigenvalue weighted by atomic mass is 16.5. The van der Waals surface area contributed by atoms with Gasteiger partial charge < -0.3 is 4.74 Å². The van der Waals surface area contributed by atoms with Gasteiger partial charge in [0.15, 0.2) is 11.5 Å². The highest BCUT2D eigenvalue weighted by Gasteiger charge is 2.50. The summed E-state index contributed by atoms with van der Waals surface area (Å²) in [5.41, 5.74) is 2.61. The fourth-order valence-electron chi connectivity index (χ4n) is 3.05. The zero-order valence-corrected chi connectivity index (χ0v) is 11.1. The maximum Gasteiger partial charge on any atom is 0.359 e. The average Bonchev–Trinajstić information content (AvgIpc) is 2.97. The summed E-state index contributed by atoms with van der Waals surface area (Å²) in [4.78, 5) is 20.4. The first kappa shape index (κ1) is 11.6. The molecule has 0 radical (unpaired) electrons. The van der Waals surface area contributed by atoms with Crippen LogP contribution in [0.3, 0.4) is 0 Å². The molecule has 6 heteroatoms. The van der Waals surface area contributed by atoms with Gasteiger partial charge in [0.05, 0.1) is 18.5 Å². The molecule has 2 aromatic heterocycles. The number of rotatable bonds is 3. The normalized spacial score (nSPS) is 22.2. The predicted octanol–water partition coefficient (Wildman–Crippen LogP) is 1.50. The lowest BCUT2D eigenvalue weighted by atomic mass is 10.1. The third kappa shape index (κ3) is 1.57. The molecule has 2 aliphatic carbocycles. The standard InChI is InChI=1S/C14H14N4O2/c1-2-20-14(19)12-10-6-8-5-9(8)13(10)18(17-12)11-7-15-3-4-16-11/h3-4,7-9H,2,5-6H2,1H3/t8-,9-/m0/s1. The van der Waals surface area contributed by atoms with Crippen LogP contribution in [0.2, 0.25) is 0 Å². The van der Waals surface area contributed by atoms with E-state index in [0.29, 0.717) is 30.0 Å². The summed E-state index contributed by atoms with van der Waals surface area (Å²) in [6.45, 7) is 2.16. The van der Waals surface area contributed by atoms with E-state index in [0.717, 1.165) is 17.7 Å². The number of aromatic nitrogens is 4. The average molecular weight is 270 g/mol. The van der Waals surface area contributed by atoms with E-state index in [4.69, 9.17) is 4.74 Å². The molecule has 0 aromatic carbocycles. The number of hydrogen-bond donors (Lipinski definition) is 0. The Balaban J connectivity index is 1.84. The monoisotopic (exact) mass is 270 g/mol. The highest BCUT2D eigenvalue weighted by molar-refractivity contribution is 5.90. The molecule has 0 unspecified atom stereocenters. The van der Waals surface area contributed by atoms with Gasteiger partial charge in [0, 0.05) is 23.9 Å². The van der Waals surface area contributed by atoms with Crippen molar-refractivity contribution in [3.63, 3.8) is 0 Å². The van der Waals surface area contributed by atoms with Crippen LogP contribution in [0.15, 0.2) is 18.6 Å². The van der Waals surface area contributed by atoms with Crippen molar-refractivity contribution in [1.82, 2.24) is 19.7 Å². The third-order valence-electron chi connectivity index (χ3n) is 4.00. The van der Waals surface area contributed by atoms with Crippen molar-refractivity contribution in [2.45, 2.75) is 25.7 Å². The predicted molar refractivity (Wildman–Crippen MR) is 69.7 cm³/mol. The van der Waals surface area contributed by atoms with Gasteiger partial charge in [0.2, 0.25) is 0 Å². The molecule has 2 atom stereocenters. The summed E-state index contributed by atoms with van der Waals surface area (Å²) in [6, 6.07) is 0. The molecule has 2 aromatic rings. The van der Waals surface area contributed by atoms with Gasteiger partial charge in [-0.2, -0.15) is 5.10 Å². The lowest BCUT2D eigenvalue weighted by Crippen LogP contribution is -2.09. The van der Waals surface area contributed by atoms with Crippen molar-refractivity contribution in [1.29, 1.82) is 0 Å². The van der Waals surface area contributed by atoms with E-state index in [-0.39, 0.29) is 5.97 Å². The second kappa shape index (κ2) is 4.13. The molecule has 4 rings (SSSR count). The van der Waals surface area contributed by atoms with Gasteiger partial charge in [-0.3, -0.25) is 4.98 Å². The Hall–Kier alpha value is -2.24. The Labute approximate surface area is 115 Å². The molecule has 0 aliphatic heterocycles. The number of nitrogens with zero attached hydrogens (tertiary/aromatic N) is 4. The summed E-state index contributed by atoms with van der Waals surface area (Å²) < 4.78 is 6.87. The van der Waals surface area contributed by atoms with Crippen molar-refractivity contribution < 1.29 is 9.53 Å². The Morgan fingerprint density at radius 3 is 3.15 bits per heavy atom. The van der Waals surface area contributed by atoms with Crippen LogP contribution in [0.1, 0.15) is 41.0 Å². The van der Waals surface area contributed by atoms with Gasteiger partial charge in [0.1, 0.15) is 0 Å². The number of carbonyl (C=O) groups is 1. The van der Waals surface area contributed by atoms with E-state index in [1.54, 1.807) is 30.2 Å². The van der Waals surface area contributed by atoms with Crippen molar-refractivity contribution in [2.75, 3.05) is 6.61 Å². The summed E-state index contributed by atoms with van der Waals surface area (Å²) in [5, 5.41) is 4.44. The quantitative estimate of drug-likeness (QED) is 0.790. The number of carbonyl (C=O) groups excluding carboxylic acids is 1. The molecule has 0 amide bonds. The van der Waals surface area contributed by atoms with E-state index in [1.165, 1.54) is 6.42 Å². The van der Waals surface area contributed by atoms with Gasteiger partial charge in [-0.25, -0.2) is 14.5 Å². The Morgan fingerprint density at radius 1 is 1.50 bits per heavy atom. The first-order chi connectivity index (χ1) is 9.79. The minimum Gasteiger partial charge on any atom is -0.461 e. The number of ether oxygens (including phenoxy) is 1. The van der Waals surface area contributed by atoms with Crippen molar-refractivity contribution in [2.24, 2.45) is 5.92 Å². The SMILES string of the molecule is CCOC(=O)c1nn(-c2cnccn2)c2c1C[C@@H]1C[C@H]21. The summed E-state index contributed by atoms with van der Waals surface area (Å²) >= 11 is 0. The minimum atomic E-state index is -0.340. The smallest absolute Gasteiger partial charge is 0.359 e. The minimum absolute atomic E-state index is 0.340. The topological polar surface area (TPSA) is 69.9 Å². The molecule has 2 heterocycles. The molecular weight excluding hydrogens is 256 g/mol. The van der Waals surface area contributed by atoms with Crippen LogP contribution in [0.4, 0.5) is 0 Å². The van der Waals surface area contributed by atoms with E-state index in [9.17, 15) is 4.79 Å². The van der Waals surface area contributed by atoms with Crippen LogP contribution < -0.4 is 0 Å². The molecule has 0 spiro atoms.